The van der Waals surface area contributed by atoms with Crippen molar-refractivity contribution >= 4 is 14.8 Å². The van der Waals surface area contributed by atoms with Crippen LogP contribution in [0.4, 0.5) is 0 Å². The quantitative estimate of drug-likeness (QED) is 0.0642. The fourth-order valence-electron chi connectivity index (χ4n) is 5.82. The van der Waals surface area contributed by atoms with E-state index in [9.17, 15) is 4.79 Å². The smallest absolute Gasteiger partial charge is 0.478 e. The Morgan fingerprint density at radius 1 is 0.690 bits per heavy atom. The summed E-state index contributed by atoms with van der Waals surface area (Å²) in [4.78, 5) is 10.2. The highest BCUT2D eigenvalue weighted by Gasteiger charge is 2.47. The van der Waals surface area contributed by atoms with Crippen LogP contribution in [0.15, 0.2) is 30.3 Å². The van der Waals surface area contributed by atoms with E-state index in [4.69, 9.17) is 18.4 Å². The van der Waals surface area contributed by atoms with Crippen molar-refractivity contribution in [1.29, 1.82) is 0 Å². The number of carboxylic acids is 1. The molecule has 42 heavy (non-hydrogen) atoms. The van der Waals surface area contributed by atoms with Gasteiger partial charge in [0.25, 0.3) is 0 Å². The Morgan fingerprint density at radius 2 is 1.05 bits per heavy atom. The number of rotatable bonds is 26. The predicted molar refractivity (Wildman–Crippen MR) is 180 cm³/mol. The average Bonchev–Trinajstić information content (AvgIpc) is 2.98. The van der Waals surface area contributed by atoms with E-state index in [1.807, 2.05) is 0 Å². The second kappa shape index (κ2) is 26.2. The molecule has 0 aromatic heterocycles. The first kappa shape index (κ1) is 40.7. The number of carbonyl (C=O) groups is 1. The molecule has 1 aromatic carbocycles. The summed E-state index contributed by atoms with van der Waals surface area (Å²) in [7, 11) is 7.25. The van der Waals surface area contributed by atoms with Crippen LogP contribution >= 0.6 is 0 Å². The highest BCUT2D eigenvalue weighted by atomic mass is 28.4. The summed E-state index contributed by atoms with van der Waals surface area (Å²) < 4.78 is 18.0. The molecule has 0 heterocycles. The molecule has 0 radical (unpaired) electrons. The second-order valence-electron chi connectivity index (χ2n) is 12.6. The van der Waals surface area contributed by atoms with Crippen LogP contribution in [0.2, 0.25) is 5.54 Å². The van der Waals surface area contributed by atoms with E-state index >= 15 is 0 Å². The molecule has 0 aliphatic rings. The molecule has 0 aliphatic heterocycles. The lowest BCUT2D eigenvalue weighted by Gasteiger charge is -2.37. The Labute approximate surface area is 261 Å². The summed E-state index contributed by atoms with van der Waals surface area (Å²) >= 11 is 0. The van der Waals surface area contributed by atoms with E-state index in [0.29, 0.717) is 11.1 Å². The Balaban J connectivity index is 0.00000157. The molecule has 1 atom stereocenters. The van der Waals surface area contributed by atoms with Crippen molar-refractivity contribution in [3.8, 4) is 0 Å². The highest BCUT2D eigenvalue weighted by Crippen LogP contribution is 2.26. The van der Waals surface area contributed by atoms with Gasteiger partial charge in [-0.05, 0) is 25.0 Å². The van der Waals surface area contributed by atoms with Crippen molar-refractivity contribution in [2.75, 3.05) is 48.5 Å². The maximum absolute atomic E-state index is 10.2. The Hall–Kier alpha value is -1.25. The number of benzene rings is 1. The Bertz CT molecular complexity index is 734. The van der Waals surface area contributed by atoms with Gasteiger partial charge in [-0.2, -0.15) is 0 Å². The molecule has 1 N–H and O–H groups in total. The summed E-state index contributed by atoms with van der Waals surface area (Å²) in [5, 5.41) is 8.38. The van der Waals surface area contributed by atoms with Crippen molar-refractivity contribution < 1.29 is 27.7 Å². The maximum Gasteiger partial charge on any atom is 0.508 e. The van der Waals surface area contributed by atoms with Gasteiger partial charge in [0.2, 0.25) is 0 Å². The van der Waals surface area contributed by atoms with Gasteiger partial charge in [0, 0.05) is 21.3 Å². The average molecular weight is 611 g/mol. The van der Waals surface area contributed by atoms with Gasteiger partial charge in [-0.25, -0.2) is 4.79 Å². The van der Waals surface area contributed by atoms with Gasteiger partial charge < -0.3 is 22.9 Å². The molecule has 0 amide bonds. The Morgan fingerprint density at radius 3 is 1.36 bits per heavy atom. The van der Waals surface area contributed by atoms with Crippen molar-refractivity contribution in [3.63, 3.8) is 0 Å². The normalized spacial score (nSPS) is 12.5. The number of aromatic carboxylic acids is 1. The number of hydrogen-bond acceptors (Lipinski definition) is 4. The standard InChI is InChI=1S/C28H62NO3Si.C7H6O2/c1-8-9-10-11-12-13-14-15-16-17-18-19-20-21-22-23-24-25-26-29(3,4)27-28(2)33(30-5,31-6)32-7;8-7(9)6-4-2-1-3-5-6/h28H,8-27H2,1-7H3;1-5H,(H,8,9)/q+1;. The lowest BCUT2D eigenvalue weighted by Crippen LogP contribution is -2.53. The molecular formula is C35H68NO5Si+. The van der Waals surface area contributed by atoms with Gasteiger partial charge in [-0.3, -0.25) is 0 Å². The van der Waals surface area contributed by atoms with Crippen molar-refractivity contribution in [2.45, 2.75) is 135 Å². The summed E-state index contributed by atoms with van der Waals surface area (Å²) in [6.45, 7) is 6.74. The van der Waals surface area contributed by atoms with E-state index in [1.54, 1.807) is 51.7 Å². The summed E-state index contributed by atoms with van der Waals surface area (Å²) in [5.41, 5.74) is 0.626. The van der Waals surface area contributed by atoms with Crippen LogP contribution in [0, 0.1) is 0 Å². The molecule has 7 heteroatoms. The first-order valence-corrected chi connectivity index (χ1v) is 18.7. The molecule has 6 nitrogen and oxygen atoms in total. The first-order valence-electron chi connectivity index (χ1n) is 16.9. The summed E-state index contributed by atoms with van der Waals surface area (Å²) in [6, 6.07) is 8.30. The minimum Gasteiger partial charge on any atom is -0.478 e. The summed E-state index contributed by atoms with van der Waals surface area (Å²) in [6.07, 6.45) is 25.7. The van der Waals surface area contributed by atoms with Crippen LogP contribution in [-0.2, 0) is 13.3 Å². The largest absolute Gasteiger partial charge is 0.508 e. The van der Waals surface area contributed by atoms with E-state index in [1.165, 1.54) is 122 Å². The van der Waals surface area contributed by atoms with Crippen LogP contribution in [0.1, 0.15) is 140 Å². The number of unbranched alkanes of at least 4 members (excludes halogenated alkanes) is 17. The van der Waals surface area contributed by atoms with Crippen LogP contribution in [0.5, 0.6) is 0 Å². The fraction of sp³-hybridized carbons (Fsp3) is 0.800. The highest BCUT2D eigenvalue weighted by molar-refractivity contribution is 6.62. The molecular weight excluding hydrogens is 542 g/mol. The maximum atomic E-state index is 10.2. The molecule has 0 saturated heterocycles. The third-order valence-corrected chi connectivity index (χ3v) is 11.5. The van der Waals surface area contributed by atoms with Crippen molar-refractivity contribution in [1.82, 2.24) is 0 Å². The van der Waals surface area contributed by atoms with E-state index in [0.717, 1.165) is 11.0 Å². The lowest BCUT2D eigenvalue weighted by atomic mass is 10.0. The number of hydrogen-bond donors (Lipinski definition) is 1. The third-order valence-electron chi connectivity index (χ3n) is 8.36. The van der Waals surface area contributed by atoms with Crippen molar-refractivity contribution in [3.05, 3.63) is 35.9 Å². The molecule has 0 bridgehead atoms. The zero-order valence-electron chi connectivity index (χ0n) is 28.6. The van der Waals surface area contributed by atoms with Gasteiger partial charge in [-0.1, -0.05) is 135 Å². The van der Waals surface area contributed by atoms with Gasteiger partial charge in [0.15, 0.2) is 0 Å². The molecule has 0 spiro atoms. The fourth-order valence-corrected chi connectivity index (χ4v) is 8.25. The number of quaternary nitrogens is 1. The number of carboxylic acid groups (broad SMARTS) is 1. The van der Waals surface area contributed by atoms with Gasteiger partial charge >= 0.3 is 14.8 Å². The van der Waals surface area contributed by atoms with Gasteiger partial charge in [0.1, 0.15) is 0 Å². The van der Waals surface area contributed by atoms with E-state index in [-0.39, 0.29) is 0 Å². The van der Waals surface area contributed by atoms with Crippen LogP contribution in [0.3, 0.4) is 0 Å². The minimum absolute atomic E-state index is 0.294. The first-order chi connectivity index (χ1) is 20.2. The lowest BCUT2D eigenvalue weighted by molar-refractivity contribution is -0.890. The van der Waals surface area contributed by atoms with Crippen LogP contribution < -0.4 is 0 Å². The van der Waals surface area contributed by atoms with Crippen LogP contribution in [-0.4, -0.2) is 72.9 Å². The predicted octanol–water partition coefficient (Wildman–Crippen LogP) is 9.76. The Kier molecular flexibility index (Phi) is 25.4. The zero-order chi connectivity index (χ0) is 31.5. The second-order valence-corrected chi connectivity index (χ2v) is 16.1. The zero-order valence-corrected chi connectivity index (χ0v) is 29.6. The molecule has 1 aromatic rings. The molecule has 1 rings (SSSR count). The minimum atomic E-state index is -2.54. The number of nitrogens with zero attached hydrogens (tertiary/aromatic N) is 1. The van der Waals surface area contributed by atoms with Crippen molar-refractivity contribution in [2.24, 2.45) is 0 Å². The summed E-state index contributed by atoms with van der Waals surface area (Å²) in [5.74, 6) is -0.879. The molecule has 246 valence electrons. The topological polar surface area (TPSA) is 65.0 Å². The van der Waals surface area contributed by atoms with E-state index < -0.39 is 14.8 Å². The van der Waals surface area contributed by atoms with Crippen LogP contribution in [0.25, 0.3) is 0 Å². The molecule has 0 fully saturated rings. The SMILES string of the molecule is CCCCCCCCCCCCCCCCCCCC[N+](C)(C)CC(C)[Si](OC)(OC)OC.O=C(O)c1ccccc1. The molecule has 0 saturated carbocycles. The van der Waals surface area contributed by atoms with Gasteiger partial charge in [0.05, 0.1) is 38.3 Å². The molecule has 1 unspecified atom stereocenters. The molecule has 0 aliphatic carbocycles. The van der Waals surface area contributed by atoms with Gasteiger partial charge in [-0.15, -0.1) is 0 Å². The third kappa shape index (κ3) is 20.6. The monoisotopic (exact) mass is 610 g/mol. The van der Waals surface area contributed by atoms with E-state index in [2.05, 4.69) is 27.9 Å².